The molecule has 3 N–H and O–H groups in total. The number of aromatic nitrogens is 1. The second-order valence-electron chi connectivity index (χ2n) is 6.02. The Labute approximate surface area is 126 Å². The van der Waals surface area contributed by atoms with Gasteiger partial charge in [-0.3, -0.25) is 4.98 Å². The average Bonchev–Trinajstić information content (AvgIpc) is 2.52. The predicted molar refractivity (Wildman–Crippen MR) is 82.3 cm³/mol. The van der Waals surface area contributed by atoms with Crippen molar-refractivity contribution in [1.29, 1.82) is 0 Å². The van der Waals surface area contributed by atoms with E-state index in [9.17, 15) is 0 Å². The summed E-state index contributed by atoms with van der Waals surface area (Å²) in [6.45, 7) is 2.18. The fourth-order valence-corrected chi connectivity index (χ4v) is 3.17. The minimum atomic E-state index is 0.252. The van der Waals surface area contributed by atoms with Gasteiger partial charge < -0.3 is 20.5 Å². The number of nitrogens with one attached hydrogen (secondary N) is 1. The number of ether oxygens (including phenoxy) is 2. The van der Waals surface area contributed by atoms with E-state index in [0.717, 1.165) is 57.4 Å². The van der Waals surface area contributed by atoms with Crippen molar-refractivity contribution in [2.45, 2.75) is 56.8 Å². The van der Waals surface area contributed by atoms with E-state index >= 15 is 0 Å². The molecule has 3 rings (SSSR count). The van der Waals surface area contributed by atoms with Crippen LogP contribution in [0.3, 0.4) is 0 Å². The van der Waals surface area contributed by atoms with Crippen molar-refractivity contribution in [1.82, 2.24) is 10.3 Å². The van der Waals surface area contributed by atoms with E-state index in [2.05, 4.69) is 10.3 Å². The topological polar surface area (TPSA) is 69.4 Å². The first-order valence-electron chi connectivity index (χ1n) is 8.03. The van der Waals surface area contributed by atoms with Crippen LogP contribution < -0.4 is 15.8 Å². The van der Waals surface area contributed by atoms with Crippen LogP contribution in [0.4, 0.5) is 5.69 Å². The second kappa shape index (κ2) is 7.09. The van der Waals surface area contributed by atoms with Crippen LogP contribution >= 0.6 is 0 Å². The summed E-state index contributed by atoms with van der Waals surface area (Å²) in [6.07, 6.45) is 11.0. The first-order valence-corrected chi connectivity index (χ1v) is 8.03. The number of nitrogens with zero attached hydrogens (tertiary/aromatic N) is 1. The van der Waals surface area contributed by atoms with E-state index in [1.165, 1.54) is 0 Å². The predicted octanol–water partition coefficient (Wildman–Crippen LogP) is 2.12. The summed E-state index contributed by atoms with van der Waals surface area (Å²) in [5.74, 6) is 0.757. The van der Waals surface area contributed by atoms with Crippen molar-refractivity contribution in [2.24, 2.45) is 0 Å². The summed E-state index contributed by atoms with van der Waals surface area (Å²) in [7, 11) is 0. The average molecular weight is 291 g/mol. The molecular formula is C16H25N3O2. The van der Waals surface area contributed by atoms with E-state index in [1.807, 2.05) is 6.07 Å². The molecule has 1 aromatic rings. The van der Waals surface area contributed by atoms with Gasteiger partial charge in [-0.25, -0.2) is 0 Å². The Bertz CT molecular complexity index is 441. The summed E-state index contributed by atoms with van der Waals surface area (Å²) in [4.78, 5) is 3.98. The van der Waals surface area contributed by atoms with Gasteiger partial charge in [0.2, 0.25) is 0 Å². The molecule has 0 spiro atoms. The highest BCUT2D eigenvalue weighted by molar-refractivity contribution is 5.49. The fraction of sp³-hybridized carbons (Fsp3) is 0.688. The van der Waals surface area contributed by atoms with E-state index in [0.29, 0.717) is 17.9 Å². The fourth-order valence-electron chi connectivity index (χ4n) is 3.17. The van der Waals surface area contributed by atoms with E-state index in [4.69, 9.17) is 15.2 Å². The maximum Gasteiger partial charge on any atom is 0.145 e. The Morgan fingerprint density at radius 3 is 2.38 bits per heavy atom. The summed E-state index contributed by atoms with van der Waals surface area (Å²) in [6, 6.07) is 1.84. The van der Waals surface area contributed by atoms with Crippen LogP contribution in [0.15, 0.2) is 18.5 Å². The highest BCUT2D eigenvalue weighted by Crippen LogP contribution is 2.29. The molecule has 0 bridgehead atoms. The zero-order valence-electron chi connectivity index (χ0n) is 12.5. The van der Waals surface area contributed by atoms with Crippen LogP contribution in [0.25, 0.3) is 0 Å². The highest BCUT2D eigenvalue weighted by atomic mass is 16.5. The highest BCUT2D eigenvalue weighted by Gasteiger charge is 2.26. The molecule has 5 nitrogen and oxygen atoms in total. The van der Waals surface area contributed by atoms with Crippen LogP contribution in [0.1, 0.15) is 38.5 Å². The van der Waals surface area contributed by atoms with Gasteiger partial charge in [-0.15, -0.1) is 0 Å². The monoisotopic (exact) mass is 291 g/mol. The second-order valence-corrected chi connectivity index (χ2v) is 6.02. The van der Waals surface area contributed by atoms with E-state index in [1.54, 1.807) is 12.4 Å². The quantitative estimate of drug-likeness (QED) is 0.889. The van der Waals surface area contributed by atoms with Crippen LogP contribution in [0.2, 0.25) is 0 Å². The molecule has 0 amide bonds. The minimum absolute atomic E-state index is 0.252. The van der Waals surface area contributed by atoms with Gasteiger partial charge in [-0.1, -0.05) is 0 Å². The molecule has 0 atom stereocenters. The number of piperidine rings is 1. The normalized spacial score (nSPS) is 27.4. The van der Waals surface area contributed by atoms with Gasteiger partial charge in [0.05, 0.1) is 30.2 Å². The third-order valence-electron chi connectivity index (χ3n) is 4.40. The van der Waals surface area contributed by atoms with Crippen molar-refractivity contribution < 1.29 is 9.47 Å². The van der Waals surface area contributed by atoms with Gasteiger partial charge >= 0.3 is 0 Å². The van der Waals surface area contributed by atoms with Crippen LogP contribution in [-0.2, 0) is 4.74 Å². The zero-order valence-corrected chi connectivity index (χ0v) is 12.5. The molecule has 5 heteroatoms. The SMILES string of the molecule is Nc1cnccc1O[C@H]1CC[C@H](OC2CCNCC2)CC1. The Morgan fingerprint density at radius 2 is 1.67 bits per heavy atom. The lowest BCUT2D eigenvalue weighted by molar-refractivity contribution is -0.0547. The van der Waals surface area contributed by atoms with Gasteiger partial charge in [0.15, 0.2) is 0 Å². The Kier molecular flexibility index (Phi) is 4.93. The van der Waals surface area contributed by atoms with Crippen LogP contribution in [0, 0.1) is 0 Å². The molecule has 0 aromatic carbocycles. The van der Waals surface area contributed by atoms with Gasteiger partial charge in [0, 0.05) is 12.3 Å². The maximum atomic E-state index is 6.22. The molecular weight excluding hydrogens is 266 g/mol. The van der Waals surface area contributed by atoms with E-state index in [-0.39, 0.29) is 6.10 Å². The van der Waals surface area contributed by atoms with Crippen LogP contribution in [-0.4, -0.2) is 36.4 Å². The molecule has 1 aliphatic carbocycles. The Hall–Kier alpha value is -1.33. The number of hydrogen-bond acceptors (Lipinski definition) is 5. The molecule has 0 radical (unpaired) electrons. The molecule has 1 aliphatic heterocycles. The Morgan fingerprint density at radius 1 is 1.00 bits per heavy atom. The molecule has 1 saturated carbocycles. The van der Waals surface area contributed by atoms with E-state index < -0.39 is 0 Å². The lowest BCUT2D eigenvalue weighted by atomic mass is 9.94. The molecule has 116 valence electrons. The summed E-state index contributed by atoms with van der Waals surface area (Å²) < 4.78 is 12.2. The third kappa shape index (κ3) is 4.08. The molecule has 21 heavy (non-hydrogen) atoms. The van der Waals surface area contributed by atoms with Crippen molar-refractivity contribution >= 4 is 5.69 Å². The molecule has 0 unspecified atom stereocenters. The Balaban J connectivity index is 1.43. The number of nitrogen functional groups attached to an aromatic ring is 1. The molecule has 2 fully saturated rings. The number of anilines is 1. The minimum Gasteiger partial charge on any atom is -0.488 e. The molecule has 1 saturated heterocycles. The van der Waals surface area contributed by atoms with Gasteiger partial charge in [-0.05, 0) is 51.6 Å². The first-order chi connectivity index (χ1) is 10.3. The standard InChI is InChI=1S/C16H25N3O2/c17-15-11-19-10-7-16(15)21-13-3-1-12(2-4-13)20-14-5-8-18-9-6-14/h7,10-14,18H,1-6,8-9,17H2/t12-,13-. The summed E-state index contributed by atoms with van der Waals surface area (Å²) in [5.41, 5.74) is 6.49. The smallest absolute Gasteiger partial charge is 0.145 e. The number of rotatable bonds is 4. The van der Waals surface area contributed by atoms with Crippen LogP contribution in [0.5, 0.6) is 5.75 Å². The first kappa shape index (κ1) is 14.6. The lowest BCUT2D eigenvalue weighted by Gasteiger charge is -2.33. The number of nitrogens with two attached hydrogens (primary N) is 1. The van der Waals surface area contributed by atoms with Gasteiger partial charge in [-0.2, -0.15) is 0 Å². The summed E-state index contributed by atoms with van der Waals surface area (Å²) in [5, 5.41) is 3.37. The van der Waals surface area contributed by atoms with Crippen molar-refractivity contribution in [3.05, 3.63) is 18.5 Å². The molecule has 2 aliphatic rings. The molecule has 2 heterocycles. The van der Waals surface area contributed by atoms with Crippen molar-refractivity contribution in [2.75, 3.05) is 18.8 Å². The molecule has 1 aromatic heterocycles. The lowest BCUT2D eigenvalue weighted by Crippen LogP contribution is -2.37. The van der Waals surface area contributed by atoms with Gasteiger partial charge in [0.1, 0.15) is 5.75 Å². The van der Waals surface area contributed by atoms with Crippen molar-refractivity contribution in [3.8, 4) is 5.75 Å². The number of hydrogen-bond donors (Lipinski definition) is 2. The maximum absolute atomic E-state index is 6.22. The largest absolute Gasteiger partial charge is 0.488 e. The number of pyridine rings is 1. The van der Waals surface area contributed by atoms with Gasteiger partial charge in [0.25, 0.3) is 0 Å². The summed E-state index contributed by atoms with van der Waals surface area (Å²) >= 11 is 0. The third-order valence-corrected chi connectivity index (χ3v) is 4.40. The van der Waals surface area contributed by atoms with Crippen molar-refractivity contribution in [3.63, 3.8) is 0 Å². The zero-order chi connectivity index (χ0) is 14.5.